The van der Waals surface area contributed by atoms with Gasteiger partial charge in [0.25, 0.3) is 0 Å². The van der Waals surface area contributed by atoms with Crippen LogP contribution in [0.1, 0.15) is 44.1 Å². The largest absolute Gasteiger partial charge is 0.492 e. The Kier molecular flexibility index (Phi) is 8.35. The minimum absolute atomic E-state index is 0.373. The molecule has 2 aromatic carbocycles. The SMILES string of the molecule is Fc1cc(OCCN2CCCC2)cc(-c2nccc3[nH]c(-c4n[nH]c5ccc(-c6cncc(CNCC7CCCC7)c6)cc45)nc23)c1. The Bertz CT molecular complexity index is 2010. The molecule has 0 spiro atoms. The van der Waals surface area contributed by atoms with E-state index in [2.05, 4.69) is 53.6 Å². The zero-order chi connectivity index (χ0) is 31.6. The summed E-state index contributed by atoms with van der Waals surface area (Å²) in [5.74, 6) is 1.53. The summed E-state index contributed by atoms with van der Waals surface area (Å²) >= 11 is 0. The molecule has 0 radical (unpaired) electrons. The molecule has 10 heteroatoms. The molecule has 0 amide bonds. The van der Waals surface area contributed by atoms with Crippen molar-refractivity contribution in [2.24, 2.45) is 5.92 Å². The Hall–Kier alpha value is -4.67. The molecule has 1 aliphatic heterocycles. The van der Waals surface area contributed by atoms with E-state index in [4.69, 9.17) is 9.72 Å². The van der Waals surface area contributed by atoms with Crippen LogP contribution in [0.2, 0.25) is 0 Å². The third-order valence-electron chi connectivity index (χ3n) is 9.57. The number of aromatic amines is 2. The van der Waals surface area contributed by atoms with Gasteiger partial charge in [-0.1, -0.05) is 18.9 Å². The second kappa shape index (κ2) is 13.2. The first-order valence-corrected chi connectivity index (χ1v) is 16.8. The monoisotopic (exact) mass is 630 g/mol. The highest BCUT2D eigenvalue weighted by atomic mass is 19.1. The fourth-order valence-corrected chi connectivity index (χ4v) is 7.09. The number of imidazole rings is 1. The van der Waals surface area contributed by atoms with E-state index in [0.717, 1.165) is 66.2 Å². The van der Waals surface area contributed by atoms with E-state index in [9.17, 15) is 4.39 Å². The smallest absolute Gasteiger partial charge is 0.159 e. The maximum Gasteiger partial charge on any atom is 0.159 e. The lowest BCUT2D eigenvalue weighted by Gasteiger charge is -2.15. The molecule has 2 aliphatic rings. The molecule has 1 aliphatic carbocycles. The van der Waals surface area contributed by atoms with Crippen LogP contribution >= 0.6 is 0 Å². The molecule has 240 valence electrons. The Morgan fingerprint density at radius 2 is 1.79 bits per heavy atom. The minimum Gasteiger partial charge on any atom is -0.492 e. The van der Waals surface area contributed by atoms with Crippen LogP contribution in [0, 0.1) is 11.7 Å². The summed E-state index contributed by atoms with van der Waals surface area (Å²) in [5, 5.41) is 12.4. The average Bonchev–Trinajstić information content (AvgIpc) is 3.91. The molecule has 8 rings (SSSR count). The Labute approximate surface area is 273 Å². The number of hydrogen-bond donors (Lipinski definition) is 3. The summed E-state index contributed by atoms with van der Waals surface area (Å²) in [6, 6.07) is 15.1. The summed E-state index contributed by atoms with van der Waals surface area (Å²) in [7, 11) is 0. The number of H-pyrrole nitrogens is 2. The van der Waals surface area contributed by atoms with Gasteiger partial charge in [0.2, 0.25) is 0 Å². The van der Waals surface area contributed by atoms with Gasteiger partial charge >= 0.3 is 0 Å². The van der Waals surface area contributed by atoms with Crippen molar-refractivity contribution < 1.29 is 9.13 Å². The lowest BCUT2D eigenvalue weighted by Crippen LogP contribution is -2.25. The van der Waals surface area contributed by atoms with E-state index in [1.807, 2.05) is 30.6 Å². The zero-order valence-electron chi connectivity index (χ0n) is 26.4. The molecular weight excluding hydrogens is 591 g/mol. The number of hydrogen-bond acceptors (Lipinski definition) is 7. The number of ether oxygens (including phenoxy) is 1. The number of nitrogens with one attached hydrogen (secondary N) is 3. The summed E-state index contributed by atoms with van der Waals surface area (Å²) in [6.45, 7) is 5.42. The van der Waals surface area contributed by atoms with Gasteiger partial charge in [-0.25, -0.2) is 9.37 Å². The van der Waals surface area contributed by atoms with E-state index in [1.54, 1.807) is 6.20 Å². The highest BCUT2D eigenvalue weighted by Crippen LogP contribution is 2.34. The minimum atomic E-state index is -0.373. The maximum absolute atomic E-state index is 14.8. The number of rotatable bonds is 11. The number of pyridine rings is 2. The summed E-state index contributed by atoms with van der Waals surface area (Å²) in [4.78, 5) is 19.9. The van der Waals surface area contributed by atoms with Gasteiger partial charge in [0, 0.05) is 54.3 Å². The van der Waals surface area contributed by atoms with Crippen molar-refractivity contribution in [2.45, 2.75) is 45.1 Å². The summed E-state index contributed by atoms with van der Waals surface area (Å²) < 4.78 is 20.8. The maximum atomic E-state index is 14.8. The number of likely N-dealkylation sites (tertiary alicyclic amines) is 1. The number of aromatic nitrogens is 6. The molecule has 2 fully saturated rings. The molecular formula is C37H39FN8O. The van der Waals surface area contributed by atoms with Gasteiger partial charge in [0.1, 0.15) is 29.4 Å². The third-order valence-corrected chi connectivity index (χ3v) is 9.57. The van der Waals surface area contributed by atoms with E-state index in [0.29, 0.717) is 40.6 Å². The lowest BCUT2D eigenvalue weighted by atomic mass is 10.0. The van der Waals surface area contributed by atoms with Crippen LogP contribution in [0.15, 0.2) is 67.1 Å². The van der Waals surface area contributed by atoms with Crippen molar-refractivity contribution in [1.29, 1.82) is 0 Å². The van der Waals surface area contributed by atoms with Crippen LogP contribution in [0.5, 0.6) is 5.75 Å². The molecule has 4 aromatic heterocycles. The van der Waals surface area contributed by atoms with E-state index < -0.39 is 0 Å². The van der Waals surface area contributed by atoms with Crippen molar-refractivity contribution >= 4 is 21.9 Å². The quantitative estimate of drug-likeness (QED) is 0.140. The van der Waals surface area contributed by atoms with Crippen molar-refractivity contribution in [2.75, 3.05) is 32.8 Å². The summed E-state index contributed by atoms with van der Waals surface area (Å²) in [5.41, 5.74) is 7.53. The fourth-order valence-electron chi connectivity index (χ4n) is 7.09. The first-order chi connectivity index (χ1) is 23.2. The lowest BCUT2D eigenvalue weighted by molar-refractivity contribution is 0.237. The predicted octanol–water partition coefficient (Wildman–Crippen LogP) is 7.12. The standard InChI is InChI=1S/C37H39FN8O/c38-29-16-27(17-30(19-29)47-14-13-46-11-3-4-12-46)34-36-33(9-10-41-34)42-37(43-36)35-31-18-26(7-8-32(31)44-45-35)28-15-25(22-40-23-28)21-39-20-24-5-1-2-6-24/h7-10,15-19,22-24,39H,1-6,11-14,20-21H2,(H,42,43)(H,44,45). The van der Waals surface area contributed by atoms with Gasteiger partial charge in [-0.05, 0) is 98.8 Å². The van der Waals surface area contributed by atoms with Crippen LogP contribution in [0.3, 0.4) is 0 Å². The second-order valence-corrected chi connectivity index (χ2v) is 12.9. The van der Waals surface area contributed by atoms with Gasteiger partial charge in [-0.3, -0.25) is 20.0 Å². The molecule has 6 aromatic rings. The van der Waals surface area contributed by atoms with Crippen LogP contribution in [-0.4, -0.2) is 67.8 Å². The van der Waals surface area contributed by atoms with Crippen LogP contribution < -0.4 is 10.1 Å². The predicted molar refractivity (Wildman–Crippen MR) is 182 cm³/mol. The van der Waals surface area contributed by atoms with Gasteiger partial charge in [0.05, 0.1) is 16.7 Å². The molecule has 5 heterocycles. The average molecular weight is 631 g/mol. The van der Waals surface area contributed by atoms with Crippen molar-refractivity contribution in [3.63, 3.8) is 0 Å². The van der Waals surface area contributed by atoms with Crippen LogP contribution in [0.25, 0.3) is 55.8 Å². The van der Waals surface area contributed by atoms with Gasteiger partial charge in [-0.15, -0.1) is 0 Å². The highest BCUT2D eigenvalue weighted by Gasteiger charge is 2.18. The fraction of sp³-hybridized carbons (Fsp3) is 0.351. The van der Waals surface area contributed by atoms with Crippen molar-refractivity contribution in [3.05, 3.63) is 78.5 Å². The van der Waals surface area contributed by atoms with E-state index in [1.165, 1.54) is 56.2 Å². The van der Waals surface area contributed by atoms with E-state index >= 15 is 0 Å². The Morgan fingerprint density at radius 1 is 0.894 bits per heavy atom. The number of fused-ring (bicyclic) bond motifs is 2. The summed E-state index contributed by atoms with van der Waals surface area (Å²) in [6.07, 6.45) is 13.4. The molecule has 0 atom stereocenters. The van der Waals surface area contributed by atoms with E-state index in [-0.39, 0.29) is 5.82 Å². The Morgan fingerprint density at radius 3 is 2.68 bits per heavy atom. The topological polar surface area (TPSA) is 108 Å². The normalized spacial score (nSPS) is 15.8. The molecule has 47 heavy (non-hydrogen) atoms. The van der Waals surface area contributed by atoms with Gasteiger partial charge in [0.15, 0.2) is 5.82 Å². The number of halogens is 1. The van der Waals surface area contributed by atoms with Crippen molar-refractivity contribution in [1.82, 2.24) is 40.3 Å². The first-order valence-electron chi connectivity index (χ1n) is 16.8. The number of benzene rings is 2. The first kappa shape index (κ1) is 29.7. The third kappa shape index (κ3) is 6.48. The van der Waals surface area contributed by atoms with Crippen molar-refractivity contribution in [3.8, 4) is 39.7 Å². The second-order valence-electron chi connectivity index (χ2n) is 12.9. The Balaban J connectivity index is 1.05. The van der Waals surface area contributed by atoms with Gasteiger partial charge in [-0.2, -0.15) is 5.10 Å². The molecule has 0 unspecified atom stereocenters. The molecule has 1 saturated heterocycles. The molecule has 9 nitrogen and oxygen atoms in total. The number of nitrogens with zero attached hydrogens (tertiary/aromatic N) is 5. The molecule has 0 bridgehead atoms. The highest BCUT2D eigenvalue weighted by molar-refractivity contribution is 5.97. The molecule has 1 saturated carbocycles. The molecule has 3 N–H and O–H groups in total. The van der Waals surface area contributed by atoms with Crippen LogP contribution in [-0.2, 0) is 6.54 Å². The van der Waals surface area contributed by atoms with Crippen LogP contribution in [0.4, 0.5) is 4.39 Å². The zero-order valence-corrected chi connectivity index (χ0v) is 26.4. The van der Waals surface area contributed by atoms with Gasteiger partial charge < -0.3 is 15.0 Å².